The summed E-state index contributed by atoms with van der Waals surface area (Å²) in [5, 5.41) is 7.02. The van der Waals surface area contributed by atoms with Gasteiger partial charge >= 0.3 is 6.03 Å². The molecule has 1 N–H and O–H groups in total. The van der Waals surface area contributed by atoms with Crippen molar-refractivity contribution in [1.29, 1.82) is 0 Å². The molecule has 0 radical (unpaired) electrons. The molecule has 0 aliphatic carbocycles. The molecule has 0 spiro atoms. The van der Waals surface area contributed by atoms with E-state index in [-0.39, 0.29) is 11.9 Å². The van der Waals surface area contributed by atoms with Crippen LogP contribution in [-0.4, -0.2) is 39.8 Å². The van der Waals surface area contributed by atoms with Crippen LogP contribution in [0.3, 0.4) is 0 Å². The SMILES string of the molecule is O=C(Cc1ccsc1)N1CC=C(c2ccc(NC(=O)N3Cc4ccncc4C3)cc2)CC1. The van der Waals surface area contributed by atoms with E-state index < -0.39 is 0 Å². The van der Waals surface area contributed by atoms with Crippen LogP contribution < -0.4 is 5.32 Å². The molecule has 2 aromatic heterocycles. The third kappa shape index (κ3) is 4.43. The smallest absolute Gasteiger partial charge is 0.322 e. The molecule has 0 bridgehead atoms. The highest BCUT2D eigenvalue weighted by atomic mass is 32.1. The van der Waals surface area contributed by atoms with Crippen LogP contribution in [0.5, 0.6) is 0 Å². The molecule has 3 aromatic rings. The third-order valence-corrected chi connectivity index (χ3v) is 6.75. The molecule has 3 amide bonds. The van der Waals surface area contributed by atoms with Crippen LogP contribution in [0.4, 0.5) is 10.5 Å². The Morgan fingerprint density at radius 1 is 1.03 bits per heavy atom. The van der Waals surface area contributed by atoms with Gasteiger partial charge in [0.15, 0.2) is 0 Å². The maximum atomic E-state index is 12.6. The van der Waals surface area contributed by atoms with Gasteiger partial charge in [-0.3, -0.25) is 9.78 Å². The molecule has 5 rings (SSSR count). The lowest BCUT2D eigenvalue weighted by Gasteiger charge is -2.27. The van der Waals surface area contributed by atoms with Crippen LogP contribution in [0.1, 0.15) is 28.7 Å². The summed E-state index contributed by atoms with van der Waals surface area (Å²) < 4.78 is 0. The highest BCUT2D eigenvalue weighted by Crippen LogP contribution is 2.26. The van der Waals surface area contributed by atoms with Crippen LogP contribution >= 0.6 is 11.3 Å². The highest BCUT2D eigenvalue weighted by Gasteiger charge is 2.23. The van der Waals surface area contributed by atoms with Gasteiger partial charge in [-0.1, -0.05) is 18.2 Å². The lowest BCUT2D eigenvalue weighted by molar-refractivity contribution is -0.130. The van der Waals surface area contributed by atoms with Crippen LogP contribution in [0.2, 0.25) is 0 Å². The van der Waals surface area contributed by atoms with Crippen molar-refractivity contribution in [2.75, 3.05) is 18.4 Å². The van der Waals surface area contributed by atoms with Crippen molar-refractivity contribution in [3.05, 3.63) is 87.9 Å². The Hall–Kier alpha value is -3.45. The number of hydrogen-bond acceptors (Lipinski definition) is 4. The molecular formula is C25H24N4O2S. The first kappa shape index (κ1) is 20.5. The second kappa shape index (κ2) is 8.96. The summed E-state index contributed by atoms with van der Waals surface area (Å²) in [4.78, 5) is 33.0. The van der Waals surface area contributed by atoms with Crippen LogP contribution in [-0.2, 0) is 24.3 Å². The molecular weight excluding hydrogens is 420 g/mol. The Labute approximate surface area is 191 Å². The molecule has 0 saturated carbocycles. The number of urea groups is 1. The minimum Gasteiger partial charge on any atom is -0.338 e. The first-order valence-corrected chi connectivity index (χ1v) is 11.7. The maximum absolute atomic E-state index is 12.6. The maximum Gasteiger partial charge on any atom is 0.322 e. The zero-order valence-corrected chi connectivity index (χ0v) is 18.5. The quantitative estimate of drug-likeness (QED) is 0.642. The summed E-state index contributed by atoms with van der Waals surface area (Å²) in [6, 6.07) is 11.8. The van der Waals surface area contributed by atoms with Crippen LogP contribution in [0.25, 0.3) is 5.57 Å². The predicted octanol–water partition coefficient (Wildman–Crippen LogP) is 4.55. The zero-order valence-electron chi connectivity index (χ0n) is 17.7. The third-order valence-electron chi connectivity index (χ3n) is 6.02. The van der Waals surface area contributed by atoms with Gasteiger partial charge in [0.05, 0.1) is 6.42 Å². The predicted molar refractivity (Wildman–Crippen MR) is 126 cm³/mol. The summed E-state index contributed by atoms with van der Waals surface area (Å²) in [7, 11) is 0. The number of nitrogens with one attached hydrogen (secondary N) is 1. The fourth-order valence-electron chi connectivity index (χ4n) is 4.17. The first-order valence-electron chi connectivity index (χ1n) is 10.7. The van der Waals surface area contributed by atoms with E-state index in [0.29, 0.717) is 26.1 Å². The van der Waals surface area contributed by atoms with E-state index in [2.05, 4.69) is 16.4 Å². The molecule has 0 fully saturated rings. The molecule has 162 valence electrons. The minimum atomic E-state index is -0.106. The fourth-order valence-corrected chi connectivity index (χ4v) is 4.84. The Morgan fingerprint density at radius 2 is 1.88 bits per heavy atom. The summed E-state index contributed by atoms with van der Waals surface area (Å²) in [6.07, 6.45) is 7.03. The molecule has 0 unspecified atom stereocenters. The Morgan fingerprint density at radius 3 is 2.59 bits per heavy atom. The van der Waals surface area contributed by atoms with Gasteiger partial charge in [0.2, 0.25) is 5.91 Å². The molecule has 4 heterocycles. The number of nitrogens with zero attached hydrogens (tertiary/aromatic N) is 3. The number of fused-ring (bicyclic) bond motifs is 1. The second-order valence-electron chi connectivity index (χ2n) is 8.14. The molecule has 2 aliphatic heterocycles. The average Bonchev–Trinajstić information content (AvgIpc) is 3.49. The van der Waals surface area contributed by atoms with Crippen LogP contribution in [0, 0.1) is 0 Å². The molecule has 2 aliphatic rings. The molecule has 1 aromatic carbocycles. The van der Waals surface area contributed by atoms with Gasteiger partial charge in [-0.25, -0.2) is 4.79 Å². The Bertz CT molecular complexity index is 1130. The number of anilines is 1. The van der Waals surface area contributed by atoms with E-state index in [1.54, 1.807) is 22.4 Å². The highest BCUT2D eigenvalue weighted by molar-refractivity contribution is 7.08. The number of aromatic nitrogens is 1. The average molecular weight is 445 g/mol. The van der Waals surface area contributed by atoms with E-state index in [1.165, 1.54) is 5.57 Å². The Balaban J connectivity index is 1.16. The molecule has 7 heteroatoms. The van der Waals surface area contributed by atoms with Crippen molar-refractivity contribution >= 4 is 34.5 Å². The normalized spacial score (nSPS) is 15.3. The molecule has 6 nitrogen and oxygen atoms in total. The van der Waals surface area contributed by atoms with E-state index >= 15 is 0 Å². The van der Waals surface area contributed by atoms with Crippen molar-refractivity contribution in [2.45, 2.75) is 25.9 Å². The zero-order chi connectivity index (χ0) is 21.9. The van der Waals surface area contributed by atoms with E-state index in [4.69, 9.17) is 0 Å². The fraction of sp³-hybridized carbons (Fsp3) is 0.240. The lowest BCUT2D eigenvalue weighted by atomic mass is 9.99. The van der Waals surface area contributed by atoms with Crippen molar-refractivity contribution in [2.24, 2.45) is 0 Å². The van der Waals surface area contributed by atoms with Gasteiger partial charge in [-0.2, -0.15) is 11.3 Å². The van der Waals surface area contributed by atoms with Crippen molar-refractivity contribution in [3.63, 3.8) is 0 Å². The monoisotopic (exact) mass is 444 g/mol. The number of rotatable bonds is 4. The second-order valence-corrected chi connectivity index (χ2v) is 8.92. The topological polar surface area (TPSA) is 65.5 Å². The number of thiophene rings is 1. The van der Waals surface area contributed by atoms with E-state index in [9.17, 15) is 9.59 Å². The van der Waals surface area contributed by atoms with Gasteiger partial charge in [0.1, 0.15) is 0 Å². The molecule has 0 saturated heterocycles. The largest absolute Gasteiger partial charge is 0.338 e. The number of pyridine rings is 1. The van der Waals surface area contributed by atoms with E-state index in [0.717, 1.165) is 40.9 Å². The van der Waals surface area contributed by atoms with Gasteiger partial charge in [0, 0.05) is 44.3 Å². The number of benzene rings is 1. The van der Waals surface area contributed by atoms with Gasteiger partial charge in [0.25, 0.3) is 0 Å². The summed E-state index contributed by atoms with van der Waals surface area (Å²) in [5.74, 6) is 0.177. The standard InChI is InChI=1S/C25H24N4O2S/c30-24(13-18-8-12-32-17-18)28-10-6-20(7-11-28)19-1-3-23(4-2-19)27-25(31)29-15-21-5-9-26-14-22(21)16-29/h1-6,8-9,12,14,17H,7,10-11,13,15-16H2,(H,27,31). The number of amides is 3. The summed E-state index contributed by atoms with van der Waals surface area (Å²) in [5.41, 5.74) is 6.49. The number of carbonyl (C=O) groups excluding carboxylic acids is 2. The first-order chi connectivity index (χ1) is 15.7. The molecule has 32 heavy (non-hydrogen) atoms. The van der Waals surface area contributed by atoms with Crippen molar-refractivity contribution in [1.82, 2.24) is 14.8 Å². The summed E-state index contributed by atoms with van der Waals surface area (Å²) >= 11 is 1.62. The number of carbonyl (C=O) groups is 2. The van der Waals surface area contributed by atoms with Crippen molar-refractivity contribution in [3.8, 4) is 0 Å². The molecule has 0 atom stereocenters. The van der Waals surface area contributed by atoms with Crippen LogP contribution in [0.15, 0.2) is 65.6 Å². The van der Waals surface area contributed by atoms with Gasteiger partial charge in [-0.05, 0) is 69.3 Å². The summed E-state index contributed by atoms with van der Waals surface area (Å²) in [6.45, 7) is 2.57. The number of hydrogen-bond donors (Lipinski definition) is 1. The minimum absolute atomic E-state index is 0.106. The van der Waals surface area contributed by atoms with Crippen molar-refractivity contribution < 1.29 is 9.59 Å². The lowest BCUT2D eigenvalue weighted by Crippen LogP contribution is -2.35. The van der Waals surface area contributed by atoms with Gasteiger partial charge < -0.3 is 15.1 Å². The Kier molecular flexibility index (Phi) is 5.73. The van der Waals surface area contributed by atoms with Gasteiger partial charge in [-0.15, -0.1) is 0 Å². The van der Waals surface area contributed by atoms with E-state index in [1.807, 2.05) is 58.3 Å².